The molecule has 1 saturated heterocycles. The molecule has 1 aliphatic rings. The average Bonchev–Trinajstić information content (AvgIpc) is 2.43. The van der Waals surface area contributed by atoms with Gasteiger partial charge in [0.05, 0.1) is 5.69 Å². The Morgan fingerprint density at radius 2 is 1.91 bits per heavy atom. The van der Waals surface area contributed by atoms with Crippen LogP contribution in [-0.4, -0.2) is 39.4 Å². The first-order valence-electron chi connectivity index (χ1n) is 8.17. The molecular formula is C17H28N2O3. The van der Waals surface area contributed by atoms with E-state index in [1.807, 2.05) is 11.5 Å². The largest absolute Gasteiger partial charge is 0.503 e. The van der Waals surface area contributed by atoms with Crippen LogP contribution in [0.3, 0.4) is 0 Å². The molecule has 2 atom stereocenters. The van der Waals surface area contributed by atoms with E-state index < -0.39 is 0 Å². The highest BCUT2D eigenvalue weighted by molar-refractivity contribution is 5.29. The number of aliphatic hydroxyl groups is 1. The maximum atomic E-state index is 11.9. The number of aromatic nitrogens is 1. The van der Waals surface area contributed by atoms with Crippen molar-refractivity contribution >= 4 is 0 Å². The lowest BCUT2D eigenvalue weighted by Crippen LogP contribution is -2.39. The minimum absolute atomic E-state index is 0.101. The van der Waals surface area contributed by atoms with Gasteiger partial charge < -0.3 is 14.8 Å². The summed E-state index contributed by atoms with van der Waals surface area (Å²) in [6.45, 7) is 9.66. The summed E-state index contributed by atoms with van der Waals surface area (Å²) in [7, 11) is 0. The molecule has 124 valence electrons. The van der Waals surface area contributed by atoms with Gasteiger partial charge in [-0.25, -0.2) is 0 Å². The summed E-state index contributed by atoms with van der Waals surface area (Å²) in [6, 6.07) is 1.47. The number of hydrogen-bond donors (Lipinski definition) is 2. The summed E-state index contributed by atoms with van der Waals surface area (Å²) in [5.41, 5.74) is 1.20. The van der Waals surface area contributed by atoms with Crippen LogP contribution in [0, 0.1) is 18.8 Å². The number of likely N-dealkylation sites (tertiary alicyclic amines) is 1. The van der Waals surface area contributed by atoms with Gasteiger partial charge in [-0.3, -0.25) is 9.69 Å². The van der Waals surface area contributed by atoms with Gasteiger partial charge in [0.2, 0.25) is 5.43 Å². The SMILES string of the molecule is Cc1cc(=O)c(O)c(CN2CC(C)CC(C)C2)n1CCCO. The lowest BCUT2D eigenvalue weighted by atomic mass is 9.92. The third kappa shape index (κ3) is 3.90. The van der Waals surface area contributed by atoms with Crippen molar-refractivity contribution in [1.82, 2.24) is 9.47 Å². The minimum atomic E-state index is -0.314. The van der Waals surface area contributed by atoms with E-state index in [0.29, 0.717) is 37.0 Å². The van der Waals surface area contributed by atoms with Crippen molar-refractivity contribution in [3.63, 3.8) is 0 Å². The monoisotopic (exact) mass is 308 g/mol. The smallest absolute Gasteiger partial charge is 0.223 e. The van der Waals surface area contributed by atoms with Crippen LogP contribution in [0.1, 0.15) is 38.1 Å². The first-order chi connectivity index (χ1) is 10.4. The van der Waals surface area contributed by atoms with Crippen LogP contribution in [-0.2, 0) is 13.1 Å². The van der Waals surface area contributed by atoms with Crippen LogP contribution in [0.25, 0.3) is 0 Å². The lowest BCUT2D eigenvalue weighted by molar-refractivity contribution is 0.129. The summed E-state index contributed by atoms with van der Waals surface area (Å²) >= 11 is 0. The quantitative estimate of drug-likeness (QED) is 0.869. The normalized spacial score (nSPS) is 22.9. The number of aryl methyl sites for hydroxylation is 1. The van der Waals surface area contributed by atoms with Crippen LogP contribution in [0.15, 0.2) is 10.9 Å². The van der Waals surface area contributed by atoms with Crippen LogP contribution in [0.5, 0.6) is 5.75 Å². The zero-order valence-corrected chi connectivity index (χ0v) is 13.9. The molecule has 1 aromatic rings. The van der Waals surface area contributed by atoms with Gasteiger partial charge in [-0.15, -0.1) is 0 Å². The van der Waals surface area contributed by atoms with E-state index in [1.54, 1.807) is 0 Å². The molecule has 1 aromatic heterocycles. The molecule has 0 bridgehead atoms. The Balaban J connectivity index is 2.29. The maximum Gasteiger partial charge on any atom is 0.223 e. The zero-order chi connectivity index (χ0) is 16.3. The second-order valence-corrected chi connectivity index (χ2v) is 6.81. The first kappa shape index (κ1) is 17.0. The van der Waals surface area contributed by atoms with Gasteiger partial charge in [0.25, 0.3) is 0 Å². The van der Waals surface area contributed by atoms with Gasteiger partial charge in [-0.1, -0.05) is 13.8 Å². The number of aliphatic hydroxyl groups excluding tert-OH is 1. The van der Waals surface area contributed by atoms with Crippen molar-refractivity contribution in [2.75, 3.05) is 19.7 Å². The Kier molecular flexibility index (Phi) is 5.64. The van der Waals surface area contributed by atoms with Crippen molar-refractivity contribution in [1.29, 1.82) is 0 Å². The molecule has 5 heteroatoms. The molecular weight excluding hydrogens is 280 g/mol. The number of nitrogens with zero attached hydrogens (tertiary/aromatic N) is 2. The molecule has 5 nitrogen and oxygen atoms in total. The predicted octanol–water partition coefficient (Wildman–Crippen LogP) is 1.72. The number of hydrogen-bond acceptors (Lipinski definition) is 4. The fourth-order valence-electron chi connectivity index (χ4n) is 3.65. The van der Waals surface area contributed by atoms with Crippen molar-refractivity contribution in [3.05, 3.63) is 27.7 Å². The summed E-state index contributed by atoms with van der Waals surface area (Å²) in [5, 5.41) is 19.3. The molecule has 0 aromatic carbocycles. The zero-order valence-electron chi connectivity index (χ0n) is 13.9. The Hall–Kier alpha value is -1.33. The summed E-state index contributed by atoms with van der Waals surface area (Å²) in [5.74, 6) is 1.12. The van der Waals surface area contributed by atoms with Crippen molar-refractivity contribution in [2.24, 2.45) is 11.8 Å². The Labute approximate surface area is 132 Å². The lowest BCUT2D eigenvalue weighted by Gasteiger charge is -2.35. The Morgan fingerprint density at radius 1 is 1.27 bits per heavy atom. The molecule has 2 heterocycles. The van der Waals surface area contributed by atoms with Gasteiger partial charge >= 0.3 is 0 Å². The highest BCUT2D eigenvalue weighted by Gasteiger charge is 2.24. The number of rotatable bonds is 5. The first-order valence-corrected chi connectivity index (χ1v) is 8.17. The summed E-state index contributed by atoms with van der Waals surface area (Å²) in [6.07, 6.45) is 1.84. The standard InChI is InChI=1S/C17H28N2O3/c1-12-7-13(2)10-18(9-12)11-15-17(22)16(21)8-14(3)19(15)5-4-6-20/h8,12-13,20,22H,4-7,9-11H2,1-3H3. The molecule has 2 rings (SSSR count). The second-order valence-electron chi connectivity index (χ2n) is 6.81. The van der Waals surface area contributed by atoms with Gasteiger partial charge in [-0.2, -0.15) is 0 Å². The molecule has 0 radical (unpaired) electrons. The number of pyridine rings is 1. The molecule has 22 heavy (non-hydrogen) atoms. The number of piperidine rings is 1. The second kappa shape index (κ2) is 7.29. The molecule has 0 aliphatic carbocycles. The van der Waals surface area contributed by atoms with Gasteiger partial charge in [0.1, 0.15) is 0 Å². The van der Waals surface area contributed by atoms with E-state index in [9.17, 15) is 9.90 Å². The molecule has 0 amide bonds. The highest BCUT2D eigenvalue weighted by atomic mass is 16.3. The van der Waals surface area contributed by atoms with E-state index in [2.05, 4.69) is 18.7 Å². The number of aromatic hydroxyl groups is 1. The van der Waals surface area contributed by atoms with E-state index >= 15 is 0 Å². The molecule has 0 spiro atoms. The van der Waals surface area contributed by atoms with Crippen LogP contribution < -0.4 is 5.43 Å². The van der Waals surface area contributed by atoms with E-state index in [4.69, 9.17) is 5.11 Å². The third-order valence-corrected chi connectivity index (χ3v) is 4.46. The molecule has 1 fully saturated rings. The minimum Gasteiger partial charge on any atom is -0.503 e. The fourth-order valence-corrected chi connectivity index (χ4v) is 3.65. The average molecular weight is 308 g/mol. The maximum absolute atomic E-state index is 11.9. The Morgan fingerprint density at radius 3 is 2.50 bits per heavy atom. The van der Waals surface area contributed by atoms with Gasteiger partial charge in [0.15, 0.2) is 5.75 Å². The third-order valence-electron chi connectivity index (χ3n) is 4.46. The van der Waals surface area contributed by atoms with Crippen LogP contribution in [0.4, 0.5) is 0 Å². The van der Waals surface area contributed by atoms with E-state index in [-0.39, 0.29) is 17.8 Å². The topological polar surface area (TPSA) is 65.7 Å². The van der Waals surface area contributed by atoms with Crippen molar-refractivity contribution < 1.29 is 10.2 Å². The van der Waals surface area contributed by atoms with Crippen molar-refractivity contribution in [2.45, 2.75) is 46.7 Å². The fraction of sp³-hybridized carbons (Fsp3) is 0.706. The highest BCUT2D eigenvalue weighted by Crippen LogP contribution is 2.24. The van der Waals surface area contributed by atoms with Crippen LogP contribution in [0.2, 0.25) is 0 Å². The molecule has 2 N–H and O–H groups in total. The van der Waals surface area contributed by atoms with Gasteiger partial charge in [0, 0.05) is 44.5 Å². The van der Waals surface area contributed by atoms with E-state index in [1.165, 1.54) is 12.5 Å². The van der Waals surface area contributed by atoms with Crippen molar-refractivity contribution in [3.8, 4) is 5.75 Å². The predicted molar refractivity (Wildman–Crippen MR) is 87.0 cm³/mol. The van der Waals surface area contributed by atoms with Crippen LogP contribution >= 0.6 is 0 Å². The Bertz CT molecular complexity index is 558. The summed E-state index contributed by atoms with van der Waals surface area (Å²) in [4.78, 5) is 14.2. The van der Waals surface area contributed by atoms with E-state index in [0.717, 1.165) is 18.8 Å². The molecule has 0 saturated carbocycles. The summed E-state index contributed by atoms with van der Waals surface area (Å²) < 4.78 is 1.97. The van der Waals surface area contributed by atoms with Gasteiger partial charge in [-0.05, 0) is 31.6 Å². The molecule has 2 unspecified atom stereocenters. The molecule has 1 aliphatic heterocycles.